The molecule has 0 aliphatic carbocycles. The first kappa shape index (κ1) is 20.8. The van der Waals surface area contributed by atoms with Gasteiger partial charge in [0.1, 0.15) is 17.2 Å². The van der Waals surface area contributed by atoms with Crippen LogP contribution in [0.25, 0.3) is 11.0 Å². The van der Waals surface area contributed by atoms with Crippen molar-refractivity contribution in [2.45, 2.75) is 19.3 Å². The first-order chi connectivity index (χ1) is 15.4. The summed E-state index contributed by atoms with van der Waals surface area (Å²) < 4.78 is 33.0. The minimum atomic E-state index is -2.94. The van der Waals surface area contributed by atoms with Crippen molar-refractivity contribution in [3.8, 4) is 12.1 Å². The standard InChI is InChI=1S/C23H15F2N5O2/c1-12-15(10-26)19(16(11-27)20(29-12)21(24)25)18-9-14-17(32-18)7-8-28-22(14)30-23(31)13-5-3-2-4-6-13/h2-9,19,21,29H,1H3,(H,28,30,31). The monoisotopic (exact) mass is 431 g/mol. The number of pyridine rings is 1. The molecular weight excluding hydrogens is 416 g/mol. The molecule has 2 N–H and O–H groups in total. The quantitative estimate of drug-likeness (QED) is 0.624. The molecule has 158 valence electrons. The second-order valence-corrected chi connectivity index (χ2v) is 6.99. The summed E-state index contributed by atoms with van der Waals surface area (Å²) in [5.41, 5.74) is 0.183. The van der Waals surface area contributed by atoms with Crippen molar-refractivity contribution in [2.24, 2.45) is 0 Å². The molecule has 9 heteroatoms. The number of allylic oxidation sites excluding steroid dienone is 4. The van der Waals surface area contributed by atoms with Gasteiger partial charge < -0.3 is 15.1 Å². The maximum Gasteiger partial charge on any atom is 0.279 e. The second kappa shape index (κ2) is 8.32. The molecule has 7 nitrogen and oxygen atoms in total. The number of furan rings is 1. The Bertz CT molecular complexity index is 1360. The van der Waals surface area contributed by atoms with E-state index in [1.807, 2.05) is 6.07 Å². The molecular formula is C23H15F2N5O2. The Morgan fingerprint density at radius 1 is 1.19 bits per heavy atom. The van der Waals surface area contributed by atoms with Gasteiger partial charge in [0.2, 0.25) is 0 Å². The number of carbonyl (C=O) groups excluding carboxylic acids is 1. The number of alkyl halides is 2. The van der Waals surface area contributed by atoms with Crippen molar-refractivity contribution >= 4 is 22.7 Å². The normalized spacial score (nSPS) is 16.0. The van der Waals surface area contributed by atoms with Gasteiger partial charge in [0.05, 0.1) is 40.3 Å². The van der Waals surface area contributed by atoms with Crippen LogP contribution in [0.4, 0.5) is 14.6 Å². The molecule has 2 aromatic heterocycles. The molecule has 4 rings (SSSR count). The van der Waals surface area contributed by atoms with E-state index in [1.165, 1.54) is 19.2 Å². The number of benzene rings is 1. The summed E-state index contributed by atoms with van der Waals surface area (Å²) in [4.78, 5) is 16.7. The van der Waals surface area contributed by atoms with Crippen LogP contribution in [-0.4, -0.2) is 17.3 Å². The number of halogens is 2. The average Bonchev–Trinajstić information content (AvgIpc) is 3.23. The summed E-state index contributed by atoms with van der Waals surface area (Å²) in [5, 5.41) is 24.8. The predicted octanol–water partition coefficient (Wildman–Crippen LogP) is 4.61. The van der Waals surface area contributed by atoms with Crippen molar-refractivity contribution in [1.82, 2.24) is 10.3 Å². The fourth-order valence-electron chi connectivity index (χ4n) is 3.58. The van der Waals surface area contributed by atoms with Gasteiger partial charge in [-0.25, -0.2) is 13.8 Å². The molecule has 3 heterocycles. The molecule has 0 radical (unpaired) electrons. The molecule has 3 aromatic rings. The molecule has 0 bridgehead atoms. The highest BCUT2D eigenvalue weighted by atomic mass is 19.3. The van der Waals surface area contributed by atoms with Crippen molar-refractivity contribution in [3.63, 3.8) is 0 Å². The van der Waals surface area contributed by atoms with E-state index in [1.54, 1.807) is 42.5 Å². The van der Waals surface area contributed by atoms with Gasteiger partial charge >= 0.3 is 0 Å². The van der Waals surface area contributed by atoms with Gasteiger partial charge in [0.15, 0.2) is 0 Å². The van der Waals surface area contributed by atoms with Crippen LogP contribution in [0.2, 0.25) is 0 Å². The van der Waals surface area contributed by atoms with E-state index in [0.717, 1.165) is 0 Å². The van der Waals surface area contributed by atoms with E-state index in [9.17, 15) is 24.1 Å². The van der Waals surface area contributed by atoms with Gasteiger partial charge in [0.25, 0.3) is 12.3 Å². The number of anilines is 1. The van der Waals surface area contributed by atoms with Gasteiger partial charge in [-0.15, -0.1) is 0 Å². The number of carbonyl (C=O) groups is 1. The lowest BCUT2D eigenvalue weighted by molar-refractivity contribution is 0.102. The third kappa shape index (κ3) is 3.57. The number of aromatic nitrogens is 1. The molecule has 0 spiro atoms. The maximum atomic E-state index is 13.6. The molecule has 1 amide bonds. The topological polar surface area (TPSA) is 115 Å². The number of hydrogen-bond acceptors (Lipinski definition) is 6. The second-order valence-electron chi connectivity index (χ2n) is 6.99. The summed E-state index contributed by atoms with van der Waals surface area (Å²) in [7, 11) is 0. The molecule has 1 aliphatic heterocycles. The number of fused-ring (bicyclic) bond motifs is 1. The lowest BCUT2D eigenvalue weighted by Crippen LogP contribution is -2.28. The van der Waals surface area contributed by atoms with Crippen LogP contribution in [0, 0.1) is 22.7 Å². The number of nitrogens with one attached hydrogen (secondary N) is 2. The van der Waals surface area contributed by atoms with Crippen LogP contribution < -0.4 is 10.6 Å². The Balaban J connectivity index is 1.81. The van der Waals surface area contributed by atoms with Gasteiger partial charge in [0, 0.05) is 17.5 Å². The Labute approximate surface area is 181 Å². The van der Waals surface area contributed by atoms with E-state index in [0.29, 0.717) is 16.5 Å². The zero-order valence-electron chi connectivity index (χ0n) is 16.7. The van der Waals surface area contributed by atoms with Gasteiger partial charge in [-0.05, 0) is 31.2 Å². The van der Waals surface area contributed by atoms with E-state index in [4.69, 9.17) is 4.42 Å². The van der Waals surface area contributed by atoms with Gasteiger partial charge in [-0.2, -0.15) is 10.5 Å². The summed E-state index contributed by atoms with van der Waals surface area (Å²) in [5.74, 6) is -1.17. The van der Waals surface area contributed by atoms with E-state index < -0.39 is 18.0 Å². The van der Waals surface area contributed by atoms with E-state index >= 15 is 0 Å². The van der Waals surface area contributed by atoms with Crippen molar-refractivity contribution < 1.29 is 18.0 Å². The minimum absolute atomic E-state index is 0.0906. The zero-order valence-corrected chi connectivity index (χ0v) is 16.7. The molecule has 0 saturated carbocycles. The third-order valence-corrected chi connectivity index (χ3v) is 5.07. The summed E-state index contributed by atoms with van der Waals surface area (Å²) in [6.07, 6.45) is -1.51. The van der Waals surface area contributed by atoms with Crippen LogP contribution in [0.3, 0.4) is 0 Å². The first-order valence-corrected chi connectivity index (χ1v) is 9.49. The van der Waals surface area contributed by atoms with Crippen LogP contribution in [0.5, 0.6) is 0 Å². The maximum absolute atomic E-state index is 13.6. The Kier molecular flexibility index (Phi) is 5.40. The van der Waals surface area contributed by atoms with E-state index in [2.05, 4.69) is 15.6 Å². The Hall–Kier alpha value is -4.50. The Morgan fingerprint density at radius 2 is 1.91 bits per heavy atom. The highest BCUT2D eigenvalue weighted by molar-refractivity contribution is 6.07. The van der Waals surface area contributed by atoms with E-state index in [-0.39, 0.29) is 34.3 Å². The minimum Gasteiger partial charge on any atom is -0.460 e. The van der Waals surface area contributed by atoms with Crippen LogP contribution in [0.1, 0.15) is 29.0 Å². The number of rotatable bonds is 4. The lowest BCUT2D eigenvalue weighted by Gasteiger charge is -2.25. The fourth-order valence-corrected chi connectivity index (χ4v) is 3.58. The number of amides is 1. The summed E-state index contributed by atoms with van der Waals surface area (Å²) in [6, 6.07) is 15.4. The molecule has 0 saturated heterocycles. The highest BCUT2D eigenvalue weighted by Crippen LogP contribution is 2.41. The average molecular weight is 431 g/mol. The molecule has 1 unspecified atom stereocenters. The molecule has 32 heavy (non-hydrogen) atoms. The van der Waals surface area contributed by atoms with Crippen LogP contribution >= 0.6 is 0 Å². The van der Waals surface area contributed by atoms with Crippen LogP contribution in [-0.2, 0) is 0 Å². The van der Waals surface area contributed by atoms with Crippen molar-refractivity contribution in [1.29, 1.82) is 10.5 Å². The number of nitrogens with zero attached hydrogens (tertiary/aromatic N) is 3. The smallest absolute Gasteiger partial charge is 0.279 e. The molecule has 1 aromatic carbocycles. The fraction of sp³-hybridized carbons (Fsp3) is 0.130. The first-order valence-electron chi connectivity index (χ1n) is 9.49. The Morgan fingerprint density at radius 3 is 2.56 bits per heavy atom. The molecule has 1 atom stereocenters. The number of nitriles is 2. The summed E-state index contributed by atoms with van der Waals surface area (Å²) >= 11 is 0. The molecule has 1 aliphatic rings. The largest absolute Gasteiger partial charge is 0.460 e. The highest BCUT2D eigenvalue weighted by Gasteiger charge is 2.36. The van der Waals surface area contributed by atoms with Crippen LogP contribution in [0.15, 0.2) is 75.6 Å². The summed E-state index contributed by atoms with van der Waals surface area (Å²) in [6.45, 7) is 1.48. The number of dihydropyridines is 1. The molecule has 0 fully saturated rings. The SMILES string of the molecule is CC1=C(C#N)C(c2cc3c(NC(=O)c4ccccc4)nccc3o2)C(C#N)=C(C(F)F)N1. The van der Waals surface area contributed by atoms with Crippen molar-refractivity contribution in [3.05, 3.63) is 82.5 Å². The predicted molar refractivity (Wildman–Crippen MR) is 111 cm³/mol. The van der Waals surface area contributed by atoms with Crippen molar-refractivity contribution in [2.75, 3.05) is 5.32 Å². The van der Waals surface area contributed by atoms with Gasteiger partial charge in [-0.1, -0.05) is 18.2 Å². The zero-order chi connectivity index (χ0) is 22.8. The lowest BCUT2D eigenvalue weighted by atomic mass is 9.85. The number of hydrogen-bond donors (Lipinski definition) is 2. The third-order valence-electron chi connectivity index (χ3n) is 5.07. The van der Waals surface area contributed by atoms with Gasteiger partial charge in [-0.3, -0.25) is 4.79 Å².